The molecule has 0 fully saturated rings. The van der Waals surface area contributed by atoms with Crippen LogP contribution in [-0.2, 0) is 16.0 Å². The highest BCUT2D eigenvalue weighted by molar-refractivity contribution is 8.01. The normalized spacial score (nSPS) is 10.4. The Kier molecular flexibility index (Phi) is 8.52. The minimum absolute atomic E-state index is 0.00916. The Morgan fingerprint density at radius 2 is 1.84 bits per heavy atom. The van der Waals surface area contributed by atoms with E-state index in [2.05, 4.69) is 11.8 Å². The predicted octanol–water partition coefficient (Wildman–Crippen LogP) is 5.44. The third-order valence-electron chi connectivity index (χ3n) is 4.59. The Labute approximate surface area is 201 Å². The van der Waals surface area contributed by atoms with Crippen molar-refractivity contribution in [3.05, 3.63) is 75.4 Å². The molecule has 0 aliphatic carbocycles. The van der Waals surface area contributed by atoms with Crippen LogP contribution in [0.3, 0.4) is 0 Å². The van der Waals surface area contributed by atoms with Crippen molar-refractivity contribution in [2.75, 3.05) is 12.4 Å². The first-order valence-corrected chi connectivity index (χ1v) is 12.2. The van der Waals surface area contributed by atoms with Gasteiger partial charge in [-0.25, -0.2) is 0 Å². The number of ketones is 1. The van der Waals surface area contributed by atoms with Gasteiger partial charge in [0.1, 0.15) is 4.21 Å². The smallest absolute Gasteiger partial charge is 0.310 e. The number of nitrogens with zero attached hydrogens (tertiary/aromatic N) is 1. The molecule has 7 heteroatoms. The number of halogens is 1. The molecule has 164 valence electrons. The van der Waals surface area contributed by atoms with Gasteiger partial charge >= 0.3 is 5.97 Å². The minimum atomic E-state index is -0.366. The SMILES string of the molecule is CC#CCSc1sc(C(=O)c2ccc(Cl)cc2)c(CC(=O)OCC)c1-[n+]1ccc(C)cc1. The Morgan fingerprint density at radius 1 is 1.16 bits per heavy atom. The molecule has 0 aliphatic heterocycles. The molecule has 2 aromatic heterocycles. The van der Waals surface area contributed by atoms with Crippen LogP contribution in [0, 0.1) is 18.8 Å². The summed E-state index contributed by atoms with van der Waals surface area (Å²) in [4.78, 5) is 26.5. The second kappa shape index (κ2) is 11.3. The second-order valence-electron chi connectivity index (χ2n) is 6.86. The van der Waals surface area contributed by atoms with E-state index >= 15 is 0 Å². The van der Waals surface area contributed by atoms with Gasteiger partial charge in [-0.15, -0.1) is 17.3 Å². The molecule has 4 nitrogen and oxygen atoms in total. The lowest BCUT2D eigenvalue weighted by atomic mass is 10.0. The Bertz CT molecular complexity index is 1170. The van der Waals surface area contributed by atoms with E-state index in [9.17, 15) is 9.59 Å². The number of hydrogen-bond acceptors (Lipinski definition) is 5. The molecule has 0 spiro atoms. The monoisotopic (exact) mass is 484 g/mol. The van der Waals surface area contributed by atoms with E-state index in [0.717, 1.165) is 15.5 Å². The molecule has 3 aromatic rings. The van der Waals surface area contributed by atoms with Gasteiger partial charge in [0.15, 0.2) is 12.4 Å². The maximum Gasteiger partial charge on any atom is 0.310 e. The Morgan fingerprint density at radius 3 is 2.47 bits per heavy atom. The molecular weight excluding hydrogens is 462 g/mol. The molecule has 0 saturated heterocycles. The third-order valence-corrected chi connectivity index (χ3v) is 7.21. The van der Waals surface area contributed by atoms with E-state index in [1.807, 2.05) is 36.0 Å². The fourth-order valence-corrected chi connectivity index (χ4v) is 5.57. The van der Waals surface area contributed by atoms with Gasteiger partial charge in [0.05, 0.1) is 29.2 Å². The summed E-state index contributed by atoms with van der Waals surface area (Å²) in [5.74, 6) is 6.04. The number of carbonyl (C=O) groups is 2. The molecule has 3 rings (SSSR count). The van der Waals surface area contributed by atoms with Gasteiger partial charge in [0, 0.05) is 22.7 Å². The third kappa shape index (κ3) is 5.80. The van der Waals surface area contributed by atoms with Crippen molar-refractivity contribution >= 4 is 46.5 Å². The Balaban J connectivity index is 2.18. The van der Waals surface area contributed by atoms with Crippen LogP contribution in [0.2, 0.25) is 5.02 Å². The molecular formula is C25H23ClNO3S2+. The average Bonchev–Trinajstić information content (AvgIpc) is 3.12. The number of thioether (sulfide) groups is 1. The summed E-state index contributed by atoms with van der Waals surface area (Å²) in [6, 6.07) is 10.8. The molecule has 0 N–H and O–H groups in total. The Hall–Kier alpha value is -2.59. The van der Waals surface area contributed by atoms with Gasteiger partial charge in [0.25, 0.3) is 0 Å². The lowest BCUT2D eigenvalue weighted by Gasteiger charge is -2.06. The van der Waals surface area contributed by atoms with Crippen LogP contribution in [0.5, 0.6) is 0 Å². The number of thiophene rings is 1. The molecule has 1 aromatic carbocycles. The van der Waals surface area contributed by atoms with E-state index in [1.165, 1.54) is 11.3 Å². The first kappa shape index (κ1) is 24.1. The van der Waals surface area contributed by atoms with Gasteiger partial charge in [0.2, 0.25) is 11.5 Å². The summed E-state index contributed by atoms with van der Waals surface area (Å²) in [5, 5.41) is 0.560. The van der Waals surface area contributed by atoms with Crippen molar-refractivity contribution in [1.82, 2.24) is 0 Å². The van der Waals surface area contributed by atoms with Crippen LogP contribution < -0.4 is 4.57 Å². The number of esters is 1. The molecule has 0 bridgehead atoms. The fourth-order valence-electron chi connectivity index (χ4n) is 3.05. The van der Waals surface area contributed by atoms with Crippen molar-refractivity contribution in [3.8, 4) is 17.5 Å². The average molecular weight is 485 g/mol. The maximum absolute atomic E-state index is 13.5. The van der Waals surface area contributed by atoms with Gasteiger partial charge in [-0.05, 0) is 50.6 Å². The van der Waals surface area contributed by atoms with E-state index < -0.39 is 0 Å². The van der Waals surface area contributed by atoms with Gasteiger partial charge in [-0.3, -0.25) is 9.59 Å². The molecule has 0 unspecified atom stereocenters. The highest BCUT2D eigenvalue weighted by atomic mass is 35.5. The summed E-state index contributed by atoms with van der Waals surface area (Å²) in [6.45, 7) is 5.86. The standard InChI is InChI=1S/C25H23ClNO3S2/c1-4-6-15-31-25-22(27-13-11-17(3)12-14-27)20(16-21(28)30-5-2)24(32-25)23(29)18-7-9-19(26)10-8-18/h7-14H,5,15-16H2,1-3H3/q+1. The van der Waals surface area contributed by atoms with Crippen LogP contribution in [0.15, 0.2) is 53.0 Å². The first-order chi connectivity index (χ1) is 15.4. The molecule has 0 atom stereocenters. The van der Waals surface area contributed by atoms with Crippen LogP contribution in [0.25, 0.3) is 5.69 Å². The number of carbonyl (C=O) groups excluding carboxylic acids is 2. The molecule has 0 amide bonds. The number of hydrogen-bond donors (Lipinski definition) is 0. The molecule has 0 aliphatic rings. The lowest BCUT2D eigenvalue weighted by molar-refractivity contribution is -0.598. The van der Waals surface area contributed by atoms with Crippen LogP contribution in [0.1, 0.15) is 40.2 Å². The van der Waals surface area contributed by atoms with E-state index in [1.54, 1.807) is 49.9 Å². The van der Waals surface area contributed by atoms with E-state index in [0.29, 0.717) is 26.8 Å². The van der Waals surface area contributed by atoms with Crippen molar-refractivity contribution < 1.29 is 18.9 Å². The first-order valence-electron chi connectivity index (χ1n) is 10.1. The van der Waals surface area contributed by atoms with Crippen LogP contribution >= 0.6 is 34.7 Å². The molecule has 0 radical (unpaired) electrons. The van der Waals surface area contributed by atoms with Gasteiger partial charge in [-0.2, -0.15) is 4.57 Å². The lowest BCUT2D eigenvalue weighted by Crippen LogP contribution is -2.31. The highest BCUT2D eigenvalue weighted by Gasteiger charge is 2.31. The van der Waals surface area contributed by atoms with Crippen molar-refractivity contribution in [2.24, 2.45) is 0 Å². The predicted molar refractivity (Wildman–Crippen MR) is 130 cm³/mol. The summed E-state index contributed by atoms with van der Waals surface area (Å²) >= 11 is 8.95. The van der Waals surface area contributed by atoms with Crippen molar-refractivity contribution in [2.45, 2.75) is 31.4 Å². The number of pyridine rings is 1. The summed E-state index contributed by atoms with van der Waals surface area (Å²) in [6.07, 6.45) is 3.89. The van der Waals surface area contributed by atoms with Crippen molar-refractivity contribution in [1.29, 1.82) is 0 Å². The maximum atomic E-state index is 13.5. The van der Waals surface area contributed by atoms with E-state index in [-0.39, 0.29) is 24.8 Å². The van der Waals surface area contributed by atoms with Crippen LogP contribution in [-0.4, -0.2) is 24.1 Å². The largest absolute Gasteiger partial charge is 0.466 e. The number of ether oxygens (including phenoxy) is 1. The number of benzene rings is 1. The summed E-state index contributed by atoms with van der Waals surface area (Å²) < 4.78 is 8.10. The number of aryl methyl sites for hydroxylation is 1. The topological polar surface area (TPSA) is 47.3 Å². The summed E-state index contributed by atoms with van der Waals surface area (Å²) in [7, 11) is 0. The van der Waals surface area contributed by atoms with Gasteiger partial charge < -0.3 is 4.74 Å². The van der Waals surface area contributed by atoms with Gasteiger partial charge in [-0.1, -0.05) is 29.3 Å². The zero-order chi connectivity index (χ0) is 23.1. The summed E-state index contributed by atoms with van der Waals surface area (Å²) in [5.41, 5.74) is 3.12. The number of rotatable bonds is 8. The quantitative estimate of drug-likeness (QED) is 0.140. The number of aromatic nitrogens is 1. The fraction of sp³-hybridized carbons (Fsp3) is 0.240. The molecule has 0 saturated carbocycles. The molecule has 32 heavy (non-hydrogen) atoms. The minimum Gasteiger partial charge on any atom is -0.466 e. The second-order valence-corrected chi connectivity index (χ2v) is 9.56. The highest BCUT2D eigenvalue weighted by Crippen LogP contribution is 2.38. The molecule has 2 heterocycles. The zero-order valence-corrected chi connectivity index (χ0v) is 20.5. The zero-order valence-electron chi connectivity index (χ0n) is 18.1. The van der Waals surface area contributed by atoms with E-state index in [4.69, 9.17) is 16.3 Å². The van der Waals surface area contributed by atoms with Crippen molar-refractivity contribution in [3.63, 3.8) is 0 Å². The van der Waals surface area contributed by atoms with Crippen LogP contribution in [0.4, 0.5) is 0 Å².